The van der Waals surface area contributed by atoms with Gasteiger partial charge in [-0.15, -0.1) is 0 Å². The number of carbonyl (C=O) groups excluding carboxylic acids is 1. The highest BCUT2D eigenvalue weighted by Crippen LogP contribution is 2.16. The molecule has 1 aromatic rings. The van der Waals surface area contributed by atoms with Crippen molar-refractivity contribution < 1.29 is 9.53 Å². The standard InChI is InChI=1S/C15H24N4O2/c1-11(2)15(20)18-4-5-19-14(9-18)7-13(17-19)8-16-12-3-6-21-10-12/h7,11-12,16H,3-6,8-10H2,1-2H3/t12-/m1/s1. The van der Waals surface area contributed by atoms with Gasteiger partial charge in [0.05, 0.1) is 31.1 Å². The van der Waals surface area contributed by atoms with E-state index in [2.05, 4.69) is 16.5 Å². The second-order valence-electron chi connectivity index (χ2n) is 6.21. The highest BCUT2D eigenvalue weighted by molar-refractivity contribution is 5.78. The minimum Gasteiger partial charge on any atom is -0.380 e. The number of ether oxygens (including phenoxy) is 1. The summed E-state index contributed by atoms with van der Waals surface area (Å²) in [5, 5.41) is 8.10. The molecule has 3 heterocycles. The van der Waals surface area contributed by atoms with Gasteiger partial charge in [-0.1, -0.05) is 13.8 Å². The maximum atomic E-state index is 12.1. The first-order valence-electron chi connectivity index (χ1n) is 7.79. The molecular formula is C15H24N4O2. The molecule has 1 N–H and O–H groups in total. The zero-order valence-electron chi connectivity index (χ0n) is 12.8. The number of aromatic nitrogens is 2. The number of hydrogen-bond donors (Lipinski definition) is 1. The van der Waals surface area contributed by atoms with Crippen LogP contribution in [0.4, 0.5) is 0 Å². The third-order valence-electron chi connectivity index (χ3n) is 4.16. The molecule has 0 aromatic carbocycles. The topological polar surface area (TPSA) is 59.4 Å². The van der Waals surface area contributed by atoms with Crippen LogP contribution in [0.15, 0.2) is 6.07 Å². The van der Waals surface area contributed by atoms with Gasteiger partial charge >= 0.3 is 0 Å². The lowest BCUT2D eigenvalue weighted by atomic mass is 10.1. The molecule has 0 aliphatic carbocycles. The number of carbonyl (C=O) groups is 1. The zero-order chi connectivity index (χ0) is 14.8. The largest absolute Gasteiger partial charge is 0.380 e. The van der Waals surface area contributed by atoms with Gasteiger partial charge in [0.2, 0.25) is 5.91 Å². The minimum atomic E-state index is 0.0583. The van der Waals surface area contributed by atoms with Gasteiger partial charge in [-0.3, -0.25) is 9.48 Å². The maximum Gasteiger partial charge on any atom is 0.225 e. The molecule has 1 atom stereocenters. The molecule has 0 spiro atoms. The van der Waals surface area contributed by atoms with Crippen LogP contribution < -0.4 is 5.32 Å². The van der Waals surface area contributed by atoms with Crippen molar-refractivity contribution in [1.29, 1.82) is 0 Å². The average Bonchev–Trinajstić information content (AvgIpc) is 3.12. The number of nitrogens with one attached hydrogen (secondary N) is 1. The van der Waals surface area contributed by atoms with Crippen molar-refractivity contribution in [3.8, 4) is 0 Å². The molecule has 0 saturated carbocycles. The molecule has 1 aromatic heterocycles. The van der Waals surface area contributed by atoms with E-state index in [0.29, 0.717) is 12.6 Å². The monoisotopic (exact) mass is 292 g/mol. The van der Waals surface area contributed by atoms with Gasteiger partial charge in [0.1, 0.15) is 0 Å². The van der Waals surface area contributed by atoms with Crippen molar-refractivity contribution in [3.05, 3.63) is 17.5 Å². The first kappa shape index (κ1) is 14.5. The van der Waals surface area contributed by atoms with Crippen LogP contribution in [0, 0.1) is 5.92 Å². The molecular weight excluding hydrogens is 268 g/mol. The van der Waals surface area contributed by atoms with Gasteiger partial charge in [0.25, 0.3) is 0 Å². The van der Waals surface area contributed by atoms with Crippen LogP contribution >= 0.6 is 0 Å². The van der Waals surface area contributed by atoms with Crippen molar-refractivity contribution in [2.45, 2.75) is 45.9 Å². The zero-order valence-corrected chi connectivity index (χ0v) is 12.8. The maximum absolute atomic E-state index is 12.1. The van der Waals surface area contributed by atoms with Gasteiger partial charge in [-0.25, -0.2) is 0 Å². The van der Waals surface area contributed by atoms with E-state index in [0.717, 1.165) is 50.7 Å². The summed E-state index contributed by atoms with van der Waals surface area (Å²) < 4.78 is 7.39. The van der Waals surface area contributed by atoms with Gasteiger partial charge in [0.15, 0.2) is 0 Å². The molecule has 2 aliphatic heterocycles. The highest BCUT2D eigenvalue weighted by Gasteiger charge is 2.24. The smallest absolute Gasteiger partial charge is 0.225 e. The molecule has 116 valence electrons. The van der Waals surface area contributed by atoms with Crippen LogP contribution in [0.1, 0.15) is 31.7 Å². The van der Waals surface area contributed by atoms with Crippen molar-refractivity contribution >= 4 is 5.91 Å². The summed E-state index contributed by atoms with van der Waals surface area (Å²) in [7, 11) is 0. The molecule has 1 saturated heterocycles. The third-order valence-corrected chi connectivity index (χ3v) is 4.16. The Balaban J connectivity index is 1.60. The van der Waals surface area contributed by atoms with E-state index in [4.69, 9.17) is 4.74 Å². The quantitative estimate of drug-likeness (QED) is 0.890. The Kier molecular flexibility index (Phi) is 4.26. The molecule has 2 aliphatic rings. The van der Waals surface area contributed by atoms with Gasteiger partial charge in [-0.05, 0) is 12.5 Å². The SMILES string of the molecule is CC(C)C(=O)N1CCn2nc(CN[C@@H]3CCOC3)cc2C1. The molecule has 3 rings (SSSR count). The summed E-state index contributed by atoms with van der Waals surface area (Å²) in [6.45, 7) is 8.55. The Bertz CT molecular complexity index is 506. The fourth-order valence-corrected chi connectivity index (χ4v) is 2.91. The molecule has 0 bridgehead atoms. The van der Waals surface area contributed by atoms with Crippen molar-refractivity contribution in [1.82, 2.24) is 20.0 Å². The Hall–Kier alpha value is -1.40. The van der Waals surface area contributed by atoms with Crippen LogP contribution in [0.5, 0.6) is 0 Å². The number of fused-ring (bicyclic) bond motifs is 1. The normalized spacial score (nSPS) is 21.9. The molecule has 1 fully saturated rings. The molecule has 21 heavy (non-hydrogen) atoms. The van der Waals surface area contributed by atoms with Gasteiger partial charge in [0, 0.05) is 31.7 Å². The van der Waals surface area contributed by atoms with Crippen LogP contribution in [0.3, 0.4) is 0 Å². The Labute approximate surface area is 125 Å². The summed E-state index contributed by atoms with van der Waals surface area (Å²) in [5.41, 5.74) is 2.19. The lowest BCUT2D eigenvalue weighted by Gasteiger charge is -2.29. The Morgan fingerprint density at radius 3 is 3.10 bits per heavy atom. The van der Waals surface area contributed by atoms with Crippen LogP contribution in [0.2, 0.25) is 0 Å². The second-order valence-corrected chi connectivity index (χ2v) is 6.21. The number of nitrogens with zero attached hydrogens (tertiary/aromatic N) is 3. The fraction of sp³-hybridized carbons (Fsp3) is 0.733. The highest BCUT2D eigenvalue weighted by atomic mass is 16.5. The van der Waals surface area contributed by atoms with Gasteiger partial charge in [-0.2, -0.15) is 5.10 Å². The first-order valence-corrected chi connectivity index (χ1v) is 7.79. The van der Waals surface area contributed by atoms with Crippen LogP contribution in [-0.2, 0) is 29.2 Å². The van der Waals surface area contributed by atoms with E-state index in [9.17, 15) is 4.79 Å². The Morgan fingerprint density at radius 1 is 1.52 bits per heavy atom. The van der Waals surface area contributed by atoms with Crippen molar-refractivity contribution in [2.75, 3.05) is 19.8 Å². The molecule has 1 amide bonds. The summed E-state index contributed by atoms with van der Waals surface area (Å²) in [5.74, 6) is 0.285. The summed E-state index contributed by atoms with van der Waals surface area (Å²) in [4.78, 5) is 14.0. The van der Waals surface area contributed by atoms with Crippen molar-refractivity contribution in [3.63, 3.8) is 0 Å². The summed E-state index contributed by atoms with van der Waals surface area (Å²) in [6, 6.07) is 2.56. The first-order chi connectivity index (χ1) is 10.1. The predicted octanol–water partition coefficient (Wildman–Crippen LogP) is 0.760. The third kappa shape index (κ3) is 3.27. The summed E-state index contributed by atoms with van der Waals surface area (Å²) >= 11 is 0. The van der Waals surface area contributed by atoms with E-state index >= 15 is 0 Å². The van der Waals surface area contributed by atoms with E-state index in [-0.39, 0.29) is 11.8 Å². The number of hydrogen-bond acceptors (Lipinski definition) is 4. The average molecular weight is 292 g/mol. The van der Waals surface area contributed by atoms with Gasteiger partial charge < -0.3 is 15.0 Å². The van der Waals surface area contributed by atoms with E-state index in [1.54, 1.807) is 0 Å². The predicted molar refractivity (Wildman–Crippen MR) is 78.5 cm³/mol. The van der Waals surface area contributed by atoms with E-state index in [1.165, 1.54) is 0 Å². The van der Waals surface area contributed by atoms with E-state index < -0.39 is 0 Å². The van der Waals surface area contributed by atoms with Crippen molar-refractivity contribution in [2.24, 2.45) is 5.92 Å². The second kappa shape index (κ2) is 6.15. The lowest BCUT2D eigenvalue weighted by molar-refractivity contribution is -0.136. The molecule has 0 unspecified atom stereocenters. The minimum absolute atomic E-state index is 0.0583. The van der Waals surface area contributed by atoms with Crippen LogP contribution in [-0.4, -0.2) is 46.4 Å². The van der Waals surface area contributed by atoms with E-state index in [1.807, 2.05) is 23.4 Å². The Morgan fingerprint density at radius 2 is 2.38 bits per heavy atom. The summed E-state index contributed by atoms with van der Waals surface area (Å²) in [6.07, 6.45) is 1.07. The number of amides is 1. The molecule has 6 nitrogen and oxygen atoms in total. The van der Waals surface area contributed by atoms with Crippen LogP contribution in [0.25, 0.3) is 0 Å². The fourth-order valence-electron chi connectivity index (χ4n) is 2.91. The number of rotatable bonds is 4. The molecule has 0 radical (unpaired) electrons. The molecule has 6 heteroatoms. The lowest BCUT2D eigenvalue weighted by Crippen LogP contribution is -2.40.